The van der Waals surface area contributed by atoms with Gasteiger partial charge in [-0.2, -0.15) is 0 Å². The summed E-state index contributed by atoms with van der Waals surface area (Å²) in [5, 5.41) is 0. The van der Waals surface area contributed by atoms with Gasteiger partial charge in [0.05, 0.1) is 37.8 Å². The summed E-state index contributed by atoms with van der Waals surface area (Å²) < 4.78 is 11.1. The van der Waals surface area contributed by atoms with Crippen molar-refractivity contribution in [3.63, 3.8) is 0 Å². The maximum absolute atomic E-state index is 5.56. The van der Waals surface area contributed by atoms with Crippen LogP contribution in [0.1, 0.15) is 11.4 Å². The molecule has 1 aliphatic heterocycles. The summed E-state index contributed by atoms with van der Waals surface area (Å²) in [5.74, 6) is 0. The van der Waals surface area contributed by atoms with Crippen LogP contribution in [-0.2, 0) is 42.0 Å². The van der Waals surface area contributed by atoms with Crippen LogP contribution in [0.3, 0.4) is 0 Å². The molecule has 0 amide bonds. The van der Waals surface area contributed by atoms with Gasteiger partial charge in [-0.05, 0) is 26.2 Å². The van der Waals surface area contributed by atoms with Gasteiger partial charge in [0.15, 0.2) is 0 Å². The fraction of sp³-hybridized carbons (Fsp3) is 0.667. The Morgan fingerprint density at radius 3 is 1.81 bits per heavy atom. The molecule has 0 aliphatic carbocycles. The van der Waals surface area contributed by atoms with Crippen molar-refractivity contribution >= 4 is 0 Å². The van der Waals surface area contributed by atoms with E-state index in [9.17, 15) is 0 Å². The number of pyridine rings is 1. The molecule has 0 aromatic carbocycles. The summed E-state index contributed by atoms with van der Waals surface area (Å²) in [7, 11) is 4.19. The molecule has 5 nitrogen and oxygen atoms in total. The number of hydrogen-bond donors (Lipinski definition) is 0. The summed E-state index contributed by atoms with van der Waals surface area (Å²) in [5.41, 5.74) is 2.23. The Hall–Kier alpha value is -0.387. The third-order valence-electron chi connectivity index (χ3n) is 3.33. The van der Waals surface area contributed by atoms with E-state index in [0.29, 0.717) is 13.2 Å². The van der Waals surface area contributed by atoms with Crippen LogP contribution in [0.15, 0.2) is 18.2 Å². The van der Waals surface area contributed by atoms with Crippen LogP contribution in [0.5, 0.6) is 0 Å². The molecule has 2 heterocycles. The zero-order valence-corrected chi connectivity index (χ0v) is 16.2. The fourth-order valence-electron chi connectivity index (χ4n) is 2.18. The van der Waals surface area contributed by atoms with Gasteiger partial charge in [-0.1, -0.05) is 6.07 Å². The molecule has 0 radical (unpaired) electrons. The van der Waals surface area contributed by atoms with Gasteiger partial charge in [-0.25, -0.2) is 0 Å². The molecular formula is C15H25N3O2Zn+2. The Morgan fingerprint density at radius 1 is 0.857 bits per heavy atom. The second-order valence-corrected chi connectivity index (χ2v) is 5.32. The van der Waals surface area contributed by atoms with Crippen LogP contribution in [-0.4, -0.2) is 68.4 Å². The van der Waals surface area contributed by atoms with Gasteiger partial charge < -0.3 is 9.47 Å². The molecular weight excluding hydrogens is 320 g/mol. The van der Waals surface area contributed by atoms with E-state index in [2.05, 4.69) is 42.1 Å². The Bertz CT molecular complexity index is 373. The number of aromatic nitrogens is 1. The van der Waals surface area contributed by atoms with Crippen molar-refractivity contribution in [1.29, 1.82) is 0 Å². The molecule has 6 heteroatoms. The number of ether oxygens (including phenoxy) is 2. The first-order valence-electron chi connectivity index (χ1n) is 7.21. The zero-order valence-electron chi connectivity index (χ0n) is 13.3. The van der Waals surface area contributed by atoms with Crippen LogP contribution < -0.4 is 0 Å². The third kappa shape index (κ3) is 7.43. The molecule has 1 aromatic rings. The van der Waals surface area contributed by atoms with E-state index in [0.717, 1.165) is 50.8 Å². The topological polar surface area (TPSA) is 37.8 Å². The van der Waals surface area contributed by atoms with Gasteiger partial charge in [-0.15, -0.1) is 0 Å². The van der Waals surface area contributed by atoms with Crippen LogP contribution >= 0.6 is 0 Å². The number of rotatable bonds is 0. The molecule has 0 N–H and O–H groups in total. The molecule has 0 saturated carbocycles. The minimum atomic E-state index is 0. The monoisotopic (exact) mass is 343 g/mol. The van der Waals surface area contributed by atoms with Crippen molar-refractivity contribution in [1.82, 2.24) is 14.8 Å². The Balaban J connectivity index is 0.00000220. The van der Waals surface area contributed by atoms with Crippen molar-refractivity contribution in [3.05, 3.63) is 29.6 Å². The van der Waals surface area contributed by atoms with E-state index in [-0.39, 0.29) is 19.5 Å². The fourth-order valence-corrected chi connectivity index (χ4v) is 2.18. The van der Waals surface area contributed by atoms with Gasteiger partial charge in [0.25, 0.3) is 0 Å². The van der Waals surface area contributed by atoms with Gasteiger partial charge in [0, 0.05) is 26.2 Å². The van der Waals surface area contributed by atoms with Crippen molar-refractivity contribution in [2.24, 2.45) is 0 Å². The first-order valence-corrected chi connectivity index (χ1v) is 7.21. The molecule has 112 valence electrons. The number of likely N-dealkylation sites (N-methyl/N-ethyl adjacent to an activating group) is 2. The first-order chi connectivity index (χ1) is 9.74. The van der Waals surface area contributed by atoms with E-state index in [1.165, 1.54) is 0 Å². The van der Waals surface area contributed by atoms with E-state index < -0.39 is 0 Å². The second kappa shape index (κ2) is 10.4. The van der Waals surface area contributed by atoms with E-state index in [4.69, 9.17) is 14.5 Å². The van der Waals surface area contributed by atoms with Crippen molar-refractivity contribution in [2.45, 2.75) is 13.1 Å². The third-order valence-corrected chi connectivity index (χ3v) is 3.33. The van der Waals surface area contributed by atoms with Crippen molar-refractivity contribution < 1.29 is 29.0 Å². The predicted octanol–water partition coefficient (Wildman–Crippen LogP) is 0.989. The molecule has 0 fully saturated rings. The Morgan fingerprint density at radius 2 is 1.33 bits per heavy atom. The molecule has 0 spiro atoms. The van der Waals surface area contributed by atoms with Crippen molar-refractivity contribution in [3.8, 4) is 0 Å². The maximum atomic E-state index is 5.56. The molecule has 0 saturated heterocycles. The largest absolute Gasteiger partial charge is 2.00 e. The Kier molecular flexibility index (Phi) is 9.20. The standard InChI is InChI=1S/C15H25N3O2.Zn/c1-17-6-8-19-10-11-20-9-7-18(2)13-15-5-3-4-14(12-17)16-15;/h3-5H,6-13H2,1-2H3;/q;+2. The first kappa shape index (κ1) is 18.7. The number of nitrogens with zero attached hydrogens (tertiary/aromatic N) is 3. The summed E-state index contributed by atoms with van der Waals surface area (Å²) >= 11 is 0. The molecule has 1 aromatic heterocycles. The van der Waals surface area contributed by atoms with E-state index in [1.54, 1.807) is 0 Å². The molecule has 0 atom stereocenters. The van der Waals surface area contributed by atoms with Gasteiger partial charge >= 0.3 is 19.5 Å². The number of hydrogen-bond acceptors (Lipinski definition) is 5. The zero-order chi connectivity index (χ0) is 14.2. The maximum Gasteiger partial charge on any atom is 2.00 e. The van der Waals surface area contributed by atoms with Crippen molar-refractivity contribution in [2.75, 3.05) is 53.6 Å². The molecule has 1 aliphatic rings. The summed E-state index contributed by atoms with van der Waals surface area (Å²) in [6, 6.07) is 6.26. The smallest absolute Gasteiger partial charge is 0.378 e. The van der Waals surface area contributed by atoms with Crippen LogP contribution in [0.25, 0.3) is 0 Å². The quantitative estimate of drug-likeness (QED) is 0.656. The van der Waals surface area contributed by atoms with Crippen LogP contribution in [0, 0.1) is 0 Å². The van der Waals surface area contributed by atoms with E-state index in [1.807, 2.05) is 0 Å². The second-order valence-electron chi connectivity index (χ2n) is 5.32. The molecule has 2 bridgehead atoms. The van der Waals surface area contributed by atoms with Crippen LogP contribution in [0.4, 0.5) is 0 Å². The summed E-state index contributed by atoms with van der Waals surface area (Å²) in [4.78, 5) is 9.18. The molecule has 21 heavy (non-hydrogen) atoms. The average Bonchev–Trinajstić information content (AvgIpc) is 2.41. The Labute approximate surface area is 140 Å². The van der Waals surface area contributed by atoms with Gasteiger partial charge in [0.1, 0.15) is 0 Å². The predicted molar refractivity (Wildman–Crippen MR) is 78.5 cm³/mol. The SMILES string of the molecule is CN1CCOCCOCCN(C)Cc2cccc(n2)C1.[Zn+2]. The molecule has 2 rings (SSSR count). The summed E-state index contributed by atoms with van der Waals surface area (Å²) in [6.07, 6.45) is 0. The van der Waals surface area contributed by atoms with Gasteiger partial charge in [-0.3, -0.25) is 14.8 Å². The average molecular weight is 345 g/mol. The molecule has 0 unspecified atom stereocenters. The van der Waals surface area contributed by atoms with E-state index >= 15 is 0 Å². The minimum Gasteiger partial charge on any atom is -0.378 e. The van der Waals surface area contributed by atoms with Crippen LogP contribution in [0.2, 0.25) is 0 Å². The normalized spacial score (nSPS) is 20.1. The summed E-state index contributed by atoms with van der Waals surface area (Å²) in [6.45, 7) is 6.35. The number of fused-ring (bicyclic) bond motifs is 2. The van der Waals surface area contributed by atoms with Gasteiger partial charge in [0.2, 0.25) is 0 Å². The minimum absolute atomic E-state index is 0.